The van der Waals surface area contributed by atoms with Crippen molar-refractivity contribution in [2.24, 2.45) is 11.3 Å². The molecule has 0 aromatic heterocycles. The van der Waals surface area contributed by atoms with Gasteiger partial charge in [0.25, 0.3) is 0 Å². The van der Waals surface area contributed by atoms with Gasteiger partial charge >= 0.3 is 0 Å². The van der Waals surface area contributed by atoms with Crippen molar-refractivity contribution in [2.75, 3.05) is 12.8 Å². The molecule has 2 aromatic carbocycles. The van der Waals surface area contributed by atoms with E-state index in [-0.39, 0.29) is 29.3 Å². The normalized spacial score (nSPS) is 25.3. The molecule has 0 bridgehead atoms. The molecule has 2 aromatic rings. The van der Waals surface area contributed by atoms with Crippen LogP contribution in [0.3, 0.4) is 0 Å². The van der Waals surface area contributed by atoms with E-state index < -0.39 is 10.0 Å². The molecule has 0 spiro atoms. The van der Waals surface area contributed by atoms with Crippen molar-refractivity contribution in [1.82, 2.24) is 9.62 Å². The van der Waals surface area contributed by atoms with Crippen LogP contribution >= 0.6 is 0 Å². The maximum absolute atomic E-state index is 13.2. The standard InChI is InChI=1S/C24H30N2O3S/c1-24(2)16-20(24)23(27)26-13-12-21(25-30(3,28)29)22(26)15-17-8-7-11-19(14-17)18-9-5-4-6-10-18/h4-11,14,20-22,25H,12-13,15-16H2,1-3H3. The van der Waals surface area contributed by atoms with Crippen LogP contribution in [0, 0.1) is 11.3 Å². The van der Waals surface area contributed by atoms with E-state index in [1.165, 1.54) is 6.26 Å². The van der Waals surface area contributed by atoms with E-state index in [0.717, 1.165) is 23.1 Å². The fourth-order valence-electron chi connectivity index (χ4n) is 4.63. The molecule has 3 unspecified atom stereocenters. The van der Waals surface area contributed by atoms with E-state index >= 15 is 0 Å². The maximum atomic E-state index is 13.2. The lowest BCUT2D eigenvalue weighted by atomic mass is 9.96. The second-order valence-electron chi connectivity index (χ2n) is 9.40. The summed E-state index contributed by atoms with van der Waals surface area (Å²) in [5.41, 5.74) is 3.43. The molecule has 6 heteroatoms. The van der Waals surface area contributed by atoms with Crippen LogP contribution < -0.4 is 4.72 Å². The highest BCUT2D eigenvalue weighted by Gasteiger charge is 2.54. The molecule has 3 atom stereocenters. The minimum Gasteiger partial charge on any atom is -0.337 e. The smallest absolute Gasteiger partial charge is 0.226 e. The second-order valence-corrected chi connectivity index (χ2v) is 11.2. The number of sulfonamides is 1. The molecule has 1 N–H and O–H groups in total. The zero-order valence-electron chi connectivity index (χ0n) is 17.8. The largest absolute Gasteiger partial charge is 0.337 e. The average molecular weight is 427 g/mol. The summed E-state index contributed by atoms with van der Waals surface area (Å²) >= 11 is 0. The summed E-state index contributed by atoms with van der Waals surface area (Å²) in [5.74, 6) is 0.217. The summed E-state index contributed by atoms with van der Waals surface area (Å²) in [6.45, 7) is 4.84. The number of nitrogens with one attached hydrogen (secondary N) is 1. The molecule has 5 nitrogen and oxygen atoms in total. The number of rotatable bonds is 6. The molecule has 1 aliphatic heterocycles. The van der Waals surface area contributed by atoms with Crippen LogP contribution in [0.2, 0.25) is 0 Å². The Bertz CT molecular complexity index is 1030. The van der Waals surface area contributed by atoms with Crippen LogP contribution in [0.5, 0.6) is 0 Å². The van der Waals surface area contributed by atoms with Crippen molar-refractivity contribution < 1.29 is 13.2 Å². The second kappa shape index (κ2) is 7.82. The number of benzene rings is 2. The molecule has 1 saturated heterocycles. The van der Waals surface area contributed by atoms with Crippen LogP contribution in [-0.2, 0) is 21.2 Å². The zero-order chi connectivity index (χ0) is 21.5. The van der Waals surface area contributed by atoms with E-state index in [1.807, 2.05) is 29.2 Å². The zero-order valence-corrected chi connectivity index (χ0v) is 18.7. The first-order valence-electron chi connectivity index (χ1n) is 10.6. The first-order valence-corrected chi connectivity index (χ1v) is 12.5. The fourth-order valence-corrected chi connectivity index (χ4v) is 5.46. The Hall–Kier alpha value is -2.18. The molecular formula is C24H30N2O3S. The number of carbonyl (C=O) groups is 1. The number of carbonyl (C=O) groups excluding carboxylic acids is 1. The van der Waals surface area contributed by atoms with Crippen molar-refractivity contribution in [3.63, 3.8) is 0 Å². The summed E-state index contributed by atoms with van der Waals surface area (Å²) in [4.78, 5) is 15.1. The Balaban J connectivity index is 1.59. The minimum absolute atomic E-state index is 0.0487. The first-order chi connectivity index (χ1) is 14.1. The van der Waals surface area contributed by atoms with Gasteiger partial charge in [0.1, 0.15) is 0 Å². The number of hydrogen-bond donors (Lipinski definition) is 1. The molecule has 2 aliphatic rings. The van der Waals surface area contributed by atoms with E-state index in [2.05, 4.69) is 48.9 Å². The summed E-state index contributed by atoms with van der Waals surface area (Å²) in [6.07, 6.45) is 3.37. The van der Waals surface area contributed by atoms with E-state index in [0.29, 0.717) is 19.4 Å². The SMILES string of the molecule is CC1(C)CC1C(=O)N1CCC(NS(C)(=O)=O)C1Cc1cccc(-c2ccccc2)c1. The van der Waals surface area contributed by atoms with Crippen molar-refractivity contribution >= 4 is 15.9 Å². The van der Waals surface area contributed by atoms with Crippen LogP contribution in [0.25, 0.3) is 11.1 Å². The Morgan fingerprint density at radius 3 is 2.40 bits per heavy atom. The van der Waals surface area contributed by atoms with E-state index in [1.54, 1.807) is 0 Å². The van der Waals surface area contributed by atoms with Gasteiger partial charge in [0.05, 0.1) is 12.3 Å². The molecule has 0 radical (unpaired) electrons. The van der Waals surface area contributed by atoms with Crippen LogP contribution in [0.15, 0.2) is 54.6 Å². The van der Waals surface area contributed by atoms with Gasteiger partial charge in [0.15, 0.2) is 0 Å². The highest BCUT2D eigenvalue weighted by Crippen LogP contribution is 2.53. The molecule has 30 heavy (non-hydrogen) atoms. The maximum Gasteiger partial charge on any atom is 0.226 e. The molecule has 1 aliphatic carbocycles. The first kappa shape index (κ1) is 21.1. The molecule has 4 rings (SSSR count). The lowest BCUT2D eigenvalue weighted by molar-refractivity contribution is -0.134. The third-order valence-corrected chi connectivity index (χ3v) is 7.22. The molecule has 1 heterocycles. The van der Waals surface area contributed by atoms with Gasteiger partial charge in [-0.05, 0) is 41.4 Å². The number of likely N-dealkylation sites (tertiary alicyclic amines) is 1. The highest BCUT2D eigenvalue weighted by molar-refractivity contribution is 7.88. The number of nitrogens with zero attached hydrogens (tertiary/aromatic N) is 1. The van der Waals surface area contributed by atoms with Gasteiger partial charge in [-0.15, -0.1) is 0 Å². The number of hydrogen-bond acceptors (Lipinski definition) is 3. The molecule has 160 valence electrons. The lowest BCUT2D eigenvalue weighted by Gasteiger charge is -2.29. The van der Waals surface area contributed by atoms with Crippen LogP contribution in [0.1, 0.15) is 32.3 Å². The Kier molecular flexibility index (Phi) is 5.49. The van der Waals surface area contributed by atoms with Gasteiger partial charge in [-0.25, -0.2) is 13.1 Å². The van der Waals surface area contributed by atoms with Gasteiger partial charge in [0.2, 0.25) is 15.9 Å². The third-order valence-electron chi connectivity index (χ3n) is 6.48. The molecule has 1 saturated carbocycles. The Morgan fingerprint density at radius 2 is 1.77 bits per heavy atom. The van der Waals surface area contributed by atoms with Crippen LogP contribution in [0.4, 0.5) is 0 Å². The van der Waals surface area contributed by atoms with Gasteiger partial charge in [-0.1, -0.05) is 68.4 Å². The summed E-state index contributed by atoms with van der Waals surface area (Å²) in [5, 5.41) is 0. The van der Waals surface area contributed by atoms with Crippen molar-refractivity contribution in [2.45, 2.75) is 45.2 Å². The summed E-state index contributed by atoms with van der Waals surface area (Å²) in [6, 6.07) is 18.1. The quantitative estimate of drug-likeness (QED) is 0.769. The third kappa shape index (κ3) is 4.60. The lowest BCUT2D eigenvalue weighted by Crippen LogP contribution is -2.48. The van der Waals surface area contributed by atoms with Crippen molar-refractivity contribution in [1.29, 1.82) is 0 Å². The summed E-state index contributed by atoms with van der Waals surface area (Å²) < 4.78 is 26.6. The fraction of sp³-hybridized carbons (Fsp3) is 0.458. The molecular weight excluding hydrogens is 396 g/mol. The summed E-state index contributed by atoms with van der Waals surface area (Å²) in [7, 11) is -3.35. The predicted octanol–water partition coefficient (Wildman–Crippen LogP) is 3.46. The Morgan fingerprint density at radius 1 is 1.10 bits per heavy atom. The van der Waals surface area contributed by atoms with Crippen molar-refractivity contribution in [3.8, 4) is 11.1 Å². The molecule has 2 fully saturated rings. The van der Waals surface area contributed by atoms with E-state index in [4.69, 9.17) is 0 Å². The van der Waals surface area contributed by atoms with Crippen molar-refractivity contribution in [3.05, 3.63) is 60.2 Å². The number of amides is 1. The van der Waals surface area contributed by atoms with Gasteiger partial charge in [0, 0.05) is 18.5 Å². The average Bonchev–Trinajstić information content (AvgIpc) is 3.18. The van der Waals surface area contributed by atoms with Gasteiger partial charge in [-0.3, -0.25) is 4.79 Å². The topological polar surface area (TPSA) is 66.5 Å². The highest BCUT2D eigenvalue weighted by atomic mass is 32.2. The van der Waals surface area contributed by atoms with Crippen LogP contribution in [-0.4, -0.2) is 44.1 Å². The minimum atomic E-state index is -3.35. The van der Waals surface area contributed by atoms with Gasteiger partial charge in [-0.2, -0.15) is 0 Å². The monoisotopic (exact) mass is 426 g/mol. The molecule has 1 amide bonds. The Labute approximate surface area is 179 Å². The van der Waals surface area contributed by atoms with E-state index in [9.17, 15) is 13.2 Å². The van der Waals surface area contributed by atoms with Gasteiger partial charge < -0.3 is 4.90 Å². The predicted molar refractivity (Wildman–Crippen MR) is 119 cm³/mol.